The molecular weight excluding hydrogens is 150 g/mol. The van der Waals surface area contributed by atoms with E-state index in [0.29, 0.717) is 6.42 Å². The van der Waals surface area contributed by atoms with Crippen molar-refractivity contribution in [3.63, 3.8) is 0 Å². The second-order valence-electron chi connectivity index (χ2n) is 2.70. The fraction of sp³-hybridized carbons (Fsp3) is 0.833. The molecule has 58 valence electrons. The van der Waals surface area contributed by atoms with Crippen molar-refractivity contribution >= 4 is 17.7 Å². The molecule has 10 heavy (non-hydrogen) atoms. The van der Waals surface area contributed by atoms with Crippen LogP contribution in [-0.2, 0) is 4.79 Å². The maximum absolute atomic E-state index is 10.4. The van der Waals surface area contributed by atoms with Crippen LogP contribution in [-0.4, -0.2) is 28.6 Å². The SMILES string of the molecule is CSC[C@H]1C[C@@]1(N)C(=O)O. The van der Waals surface area contributed by atoms with Crippen LogP contribution in [0.25, 0.3) is 0 Å². The van der Waals surface area contributed by atoms with Crippen molar-refractivity contribution in [1.29, 1.82) is 0 Å². The predicted octanol–water partition coefficient (Wildman–Crippen LogP) is 0.151. The summed E-state index contributed by atoms with van der Waals surface area (Å²) in [5, 5.41) is 8.58. The zero-order chi connectivity index (χ0) is 7.78. The second-order valence-corrected chi connectivity index (χ2v) is 3.61. The molecule has 1 aliphatic rings. The number of rotatable bonds is 3. The molecule has 0 unspecified atom stereocenters. The minimum Gasteiger partial charge on any atom is -0.480 e. The Kier molecular flexibility index (Phi) is 1.92. The molecule has 0 heterocycles. The molecule has 0 aromatic rings. The summed E-state index contributed by atoms with van der Waals surface area (Å²) in [5.74, 6) is 0.203. The number of carboxylic acid groups (broad SMARTS) is 1. The van der Waals surface area contributed by atoms with E-state index in [-0.39, 0.29) is 5.92 Å². The molecular formula is C6H11NO2S. The maximum atomic E-state index is 10.4. The highest BCUT2D eigenvalue weighted by Crippen LogP contribution is 2.42. The average molecular weight is 161 g/mol. The number of nitrogens with two attached hydrogens (primary N) is 1. The van der Waals surface area contributed by atoms with Gasteiger partial charge in [0.2, 0.25) is 0 Å². The van der Waals surface area contributed by atoms with E-state index < -0.39 is 11.5 Å². The molecule has 4 heteroatoms. The molecule has 0 aliphatic heterocycles. The van der Waals surface area contributed by atoms with Crippen LogP contribution < -0.4 is 5.73 Å². The molecule has 1 rings (SSSR count). The van der Waals surface area contributed by atoms with Crippen molar-refractivity contribution in [2.45, 2.75) is 12.0 Å². The number of hydrogen-bond acceptors (Lipinski definition) is 3. The first kappa shape index (κ1) is 7.88. The van der Waals surface area contributed by atoms with Gasteiger partial charge in [0.25, 0.3) is 0 Å². The average Bonchev–Trinajstić information content (AvgIpc) is 2.45. The van der Waals surface area contributed by atoms with Gasteiger partial charge in [-0.1, -0.05) is 0 Å². The monoisotopic (exact) mass is 161 g/mol. The molecule has 0 saturated heterocycles. The van der Waals surface area contributed by atoms with Gasteiger partial charge in [-0.15, -0.1) is 0 Å². The molecule has 0 amide bonds. The number of carboxylic acids is 1. The molecule has 0 spiro atoms. The zero-order valence-corrected chi connectivity index (χ0v) is 6.65. The van der Waals surface area contributed by atoms with Crippen LogP contribution in [0.1, 0.15) is 6.42 Å². The Bertz CT molecular complexity index is 162. The highest BCUT2D eigenvalue weighted by atomic mass is 32.2. The standard InChI is InChI=1S/C6H11NO2S/c1-10-3-4-2-6(4,7)5(8)9/h4H,2-3,7H2,1H3,(H,8,9)/t4-,6+/m1/s1. The first-order chi connectivity index (χ1) is 4.61. The Labute approximate surface area is 64.0 Å². The third-order valence-corrected chi connectivity index (χ3v) is 2.65. The molecule has 0 bridgehead atoms. The summed E-state index contributed by atoms with van der Waals surface area (Å²) >= 11 is 1.65. The van der Waals surface area contributed by atoms with Crippen molar-refractivity contribution < 1.29 is 9.90 Å². The Morgan fingerprint density at radius 2 is 2.60 bits per heavy atom. The van der Waals surface area contributed by atoms with Gasteiger partial charge in [-0.3, -0.25) is 4.79 Å². The van der Waals surface area contributed by atoms with Gasteiger partial charge in [-0.25, -0.2) is 0 Å². The molecule has 1 fully saturated rings. The lowest BCUT2D eigenvalue weighted by atomic mass is 10.2. The van der Waals surface area contributed by atoms with E-state index in [1.165, 1.54) is 0 Å². The van der Waals surface area contributed by atoms with Crippen LogP contribution in [0.4, 0.5) is 0 Å². The van der Waals surface area contributed by atoms with E-state index in [4.69, 9.17) is 10.8 Å². The van der Waals surface area contributed by atoms with E-state index in [9.17, 15) is 4.79 Å². The molecule has 0 radical (unpaired) electrons. The quantitative estimate of drug-likeness (QED) is 0.618. The molecule has 1 saturated carbocycles. The van der Waals surface area contributed by atoms with Crippen LogP contribution in [0.3, 0.4) is 0 Å². The van der Waals surface area contributed by atoms with Gasteiger partial charge < -0.3 is 10.8 Å². The third kappa shape index (κ3) is 1.13. The lowest BCUT2D eigenvalue weighted by Crippen LogP contribution is -2.35. The molecule has 0 aromatic heterocycles. The Morgan fingerprint density at radius 3 is 2.90 bits per heavy atom. The lowest BCUT2D eigenvalue weighted by molar-refractivity contribution is -0.139. The number of hydrogen-bond donors (Lipinski definition) is 2. The van der Waals surface area contributed by atoms with E-state index in [0.717, 1.165) is 5.75 Å². The van der Waals surface area contributed by atoms with Crippen LogP contribution in [0.2, 0.25) is 0 Å². The fourth-order valence-corrected chi connectivity index (χ4v) is 1.84. The summed E-state index contributed by atoms with van der Waals surface area (Å²) in [6, 6.07) is 0. The normalized spacial score (nSPS) is 37.6. The minimum absolute atomic E-state index is 0.194. The number of aliphatic carboxylic acids is 1. The van der Waals surface area contributed by atoms with Gasteiger partial charge in [-0.05, 0) is 24.3 Å². The van der Waals surface area contributed by atoms with Crippen molar-refractivity contribution in [3.05, 3.63) is 0 Å². The lowest BCUT2D eigenvalue weighted by Gasteiger charge is -2.02. The smallest absolute Gasteiger partial charge is 0.324 e. The topological polar surface area (TPSA) is 63.3 Å². The summed E-state index contributed by atoms with van der Waals surface area (Å²) in [7, 11) is 0. The van der Waals surface area contributed by atoms with Crippen molar-refractivity contribution in [2.75, 3.05) is 12.0 Å². The summed E-state index contributed by atoms with van der Waals surface area (Å²) in [6.45, 7) is 0. The highest BCUT2D eigenvalue weighted by Gasteiger charge is 2.56. The molecule has 2 atom stereocenters. The van der Waals surface area contributed by atoms with Gasteiger partial charge in [0.15, 0.2) is 0 Å². The van der Waals surface area contributed by atoms with Crippen LogP contribution >= 0.6 is 11.8 Å². The second kappa shape index (κ2) is 2.43. The van der Waals surface area contributed by atoms with E-state index in [1.807, 2.05) is 6.26 Å². The fourth-order valence-electron chi connectivity index (χ4n) is 1.02. The van der Waals surface area contributed by atoms with Crippen molar-refractivity contribution in [3.8, 4) is 0 Å². The molecule has 1 aliphatic carbocycles. The van der Waals surface area contributed by atoms with E-state index >= 15 is 0 Å². The number of thioether (sulfide) groups is 1. The highest BCUT2D eigenvalue weighted by molar-refractivity contribution is 7.98. The van der Waals surface area contributed by atoms with Crippen molar-refractivity contribution in [2.24, 2.45) is 11.7 Å². The first-order valence-electron chi connectivity index (χ1n) is 3.12. The Balaban J connectivity index is 2.40. The predicted molar refractivity (Wildman–Crippen MR) is 41.0 cm³/mol. The summed E-state index contributed by atoms with van der Waals surface area (Å²) < 4.78 is 0. The minimum atomic E-state index is -0.886. The maximum Gasteiger partial charge on any atom is 0.324 e. The van der Waals surface area contributed by atoms with E-state index in [2.05, 4.69) is 0 Å². The van der Waals surface area contributed by atoms with Crippen LogP contribution in [0.5, 0.6) is 0 Å². The van der Waals surface area contributed by atoms with Crippen LogP contribution in [0, 0.1) is 5.92 Å². The summed E-state index contributed by atoms with van der Waals surface area (Å²) in [6.07, 6.45) is 2.60. The first-order valence-corrected chi connectivity index (χ1v) is 4.52. The number of carbonyl (C=O) groups is 1. The van der Waals surface area contributed by atoms with Gasteiger partial charge in [0.05, 0.1) is 0 Å². The third-order valence-electron chi connectivity index (χ3n) is 1.92. The Hall–Kier alpha value is -0.220. The summed E-state index contributed by atoms with van der Waals surface area (Å²) in [5.41, 5.74) is 4.62. The van der Waals surface area contributed by atoms with Gasteiger partial charge >= 0.3 is 5.97 Å². The van der Waals surface area contributed by atoms with Crippen LogP contribution in [0.15, 0.2) is 0 Å². The van der Waals surface area contributed by atoms with Crippen molar-refractivity contribution in [1.82, 2.24) is 0 Å². The van der Waals surface area contributed by atoms with E-state index in [1.54, 1.807) is 11.8 Å². The Morgan fingerprint density at radius 1 is 2.00 bits per heavy atom. The summed E-state index contributed by atoms with van der Waals surface area (Å²) in [4.78, 5) is 10.4. The van der Waals surface area contributed by atoms with Gasteiger partial charge in [0, 0.05) is 0 Å². The zero-order valence-electron chi connectivity index (χ0n) is 5.83. The molecule has 3 N–H and O–H groups in total. The largest absolute Gasteiger partial charge is 0.480 e. The van der Waals surface area contributed by atoms with Gasteiger partial charge in [0.1, 0.15) is 5.54 Å². The van der Waals surface area contributed by atoms with Gasteiger partial charge in [-0.2, -0.15) is 11.8 Å². The molecule has 0 aromatic carbocycles. The molecule has 3 nitrogen and oxygen atoms in total.